The third-order valence-electron chi connectivity index (χ3n) is 3.14. The molecule has 26 heavy (non-hydrogen) atoms. The van der Waals surface area contributed by atoms with Crippen molar-refractivity contribution in [2.75, 3.05) is 17.1 Å². The van der Waals surface area contributed by atoms with Crippen LogP contribution in [0.1, 0.15) is 6.92 Å². The molecule has 0 bridgehead atoms. The van der Waals surface area contributed by atoms with E-state index >= 15 is 0 Å². The standard InChI is InChI=1S/C16H16F2N2O4S2/c1-10(21)19-13-9-11(7-8-14(13)24-2)26(22,23)20-12-5-3-4-6-15(12)25-16(17)18/h3-9,16,20H,1-2H3,(H,19,21). The van der Waals surface area contributed by atoms with Gasteiger partial charge in [0, 0.05) is 11.8 Å². The number of amides is 1. The Balaban J connectivity index is 2.38. The number of thioether (sulfide) groups is 1. The van der Waals surface area contributed by atoms with Gasteiger partial charge in [0.2, 0.25) is 5.91 Å². The van der Waals surface area contributed by atoms with E-state index in [2.05, 4.69) is 10.0 Å². The Kier molecular flexibility index (Phi) is 6.43. The first kappa shape index (κ1) is 20.0. The van der Waals surface area contributed by atoms with Crippen LogP contribution in [-0.2, 0) is 14.8 Å². The minimum Gasteiger partial charge on any atom is -0.495 e. The molecule has 6 nitrogen and oxygen atoms in total. The minimum atomic E-state index is -4.07. The molecule has 0 aromatic heterocycles. The van der Waals surface area contributed by atoms with Crippen molar-refractivity contribution in [1.29, 1.82) is 0 Å². The van der Waals surface area contributed by atoms with Gasteiger partial charge < -0.3 is 10.1 Å². The summed E-state index contributed by atoms with van der Waals surface area (Å²) >= 11 is 0.241. The maximum absolute atomic E-state index is 12.6. The molecule has 2 aromatic carbocycles. The number of rotatable bonds is 7. The lowest BCUT2D eigenvalue weighted by molar-refractivity contribution is -0.114. The van der Waals surface area contributed by atoms with Crippen molar-refractivity contribution in [3.05, 3.63) is 42.5 Å². The Labute approximate surface area is 154 Å². The average molecular weight is 402 g/mol. The number of alkyl halides is 2. The summed E-state index contributed by atoms with van der Waals surface area (Å²) < 4.78 is 57.9. The van der Waals surface area contributed by atoms with Crippen LogP contribution in [0.5, 0.6) is 5.75 Å². The molecular formula is C16H16F2N2O4S2. The molecule has 0 atom stereocenters. The van der Waals surface area contributed by atoms with Gasteiger partial charge in [-0.15, -0.1) is 0 Å². The lowest BCUT2D eigenvalue weighted by Crippen LogP contribution is -2.15. The minimum absolute atomic E-state index is 0.0368. The lowest BCUT2D eigenvalue weighted by Gasteiger charge is -2.14. The van der Waals surface area contributed by atoms with E-state index in [0.29, 0.717) is 0 Å². The predicted molar refractivity (Wildman–Crippen MR) is 96.4 cm³/mol. The number of carbonyl (C=O) groups excluding carboxylic acids is 1. The monoisotopic (exact) mass is 402 g/mol. The normalized spacial score (nSPS) is 11.3. The maximum Gasteiger partial charge on any atom is 0.288 e. The van der Waals surface area contributed by atoms with Gasteiger partial charge in [0.1, 0.15) is 5.75 Å². The summed E-state index contributed by atoms with van der Waals surface area (Å²) in [5.74, 6) is -2.80. The summed E-state index contributed by atoms with van der Waals surface area (Å²) in [6.45, 7) is 1.27. The molecule has 0 aliphatic carbocycles. The van der Waals surface area contributed by atoms with Crippen LogP contribution in [-0.4, -0.2) is 27.2 Å². The number of benzene rings is 2. The molecule has 2 rings (SSSR count). The number of para-hydroxylation sites is 1. The van der Waals surface area contributed by atoms with Gasteiger partial charge in [0.05, 0.1) is 23.4 Å². The van der Waals surface area contributed by atoms with Crippen molar-refractivity contribution in [2.24, 2.45) is 0 Å². The molecular weight excluding hydrogens is 386 g/mol. The number of methoxy groups -OCH3 is 1. The van der Waals surface area contributed by atoms with Gasteiger partial charge in [-0.05, 0) is 30.3 Å². The van der Waals surface area contributed by atoms with E-state index in [9.17, 15) is 22.0 Å². The zero-order valence-corrected chi connectivity index (χ0v) is 15.5. The molecule has 0 radical (unpaired) electrons. The molecule has 0 saturated heterocycles. The summed E-state index contributed by atoms with van der Waals surface area (Å²) in [5.41, 5.74) is 0.216. The van der Waals surface area contributed by atoms with Crippen LogP contribution in [0, 0.1) is 0 Å². The fourth-order valence-corrected chi connectivity index (χ4v) is 3.86. The predicted octanol–water partition coefficient (Wildman–Crippen LogP) is 3.77. The van der Waals surface area contributed by atoms with Crippen molar-refractivity contribution in [2.45, 2.75) is 22.5 Å². The van der Waals surface area contributed by atoms with E-state index in [-0.39, 0.29) is 38.7 Å². The molecule has 0 fully saturated rings. The molecule has 0 heterocycles. The second-order valence-corrected chi connectivity index (χ2v) is 7.74. The van der Waals surface area contributed by atoms with Gasteiger partial charge >= 0.3 is 0 Å². The summed E-state index contributed by atoms with van der Waals surface area (Å²) in [4.78, 5) is 11.2. The first-order chi connectivity index (χ1) is 12.2. The van der Waals surface area contributed by atoms with Crippen LogP contribution in [0.3, 0.4) is 0 Å². The Bertz CT molecular complexity index is 905. The van der Waals surface area contributed by atoms with Gasteiger partial charge in [0.15, 0.2) is 0 Å². The largest absolute Gasteiger partial charge is 0.495 e. The zero-order valence-electron chi connectivity index (χ0n) is 13.8. The molecule has 10 heteroatoms. The van der Waals surface area contributed by atoms with Crippen LogP contribution >= 0.6 is 11.8 Å². The Morgan fingerprint density at radius 3 is 2.46 bits per heavy atom. The quantitative estimate of drug-likeness (QED) is 0.689. The smallest absolute Gasteiger partial charge is 0.288 e. The third-order valence-corrected chi connectivity index (χ3v) is 5.29. The van der Waals surface area contributed by atoms with Crippen molar-refractivity contribution in [1.82, 2.24) is 0 Å². The number of anilines is 2. The second kappa shape index (κ2) is 8.37. The summed E-state index contributed by atoms with van der Waals surface area (Å²) in [7, 11) is -2.69. The van der Waals surface area contributed by atoms with Gasteiger partial charge in [-0.2, -0.15) is 8.78 Å². The highest BCUT2D eigenvalue weighted by atomic mass is 32.2. The molecule has 0 unspecified atom stereocenters. The van der Waals surface area contributed by atoms with Crippen molar-refractivity contribution >= 4 is 39.1 Å². The van der Waals surface area contributed by atoms with Crippen LogP contribution in [0.2, 0.25) is 0 Å². The number of nitrogens with one attached hydrogen (secondary N) is 2. The maximum atomic E-state index is 12.6. The van der Waals surface area contributed by atoms with E-state index in [0.717, 1.165) is 0 Å². The molecule has 0 aliphatic heterocycles. The average Bonchev–Trinajstić information content (AvgIpc) is 2.55. The summed E-state index contributed by atoms with van der Waals surface area (Å²) in [5, 5.41) is 2.48. The highest BCUT2D eigenvalue weighted by Gasteiger charge is 2.19. The number of halogens is 2. The van der Waals surface area contributed by atoms with Crippen LogP contribution < -0.4 is 14.8 Å². The number of ether oxygens (including phenoxy) is 1. The van der Waals surface area contributed by atoms with Gasteiger partial charge in [-0.1, -0.05) is 23.9 Å². The highest BCUT2D eigenvalue weighted by molar-refractivity contribution is 7.99. The lowest BCUT2D eigenvalue weighted by atomic mass is 10.3. The van der Waals surface area contributed by atoms with Gasteiger partial charge in [-0.25, -0.2) is 8.42 Å². The second-order valence-electron chi connectivity index (χ2n) is 5.02. The van der Waals surface area contributed by atoms with Gasteiger partial charge in [-0.3, -0.25) is 9.52 Å². The Morgan fingerprint density at radius 2 is 1.85 bits per heavy atom. The van der Waals surface area contributed by atoms with Crippen molar-refractivity contribution in [3.8, 4) is 5.75 Å². The molecule has 140 valence electrons. The van der Waals surface area contributed by atoms with Crippen molar-refractivity contribution < 1.29 is 26.7 Å². The molecule has 0 spiro atoms. The Morgan fingerprint density at radius 1 is 1.15 bits per heavy atom. The number of hydrogen-bond donors (Lipinski definition) is 2. The van der Waals surface area contributed by atoms with E-state index in [1.165, 1.54) is 56.5 Å². The zero-order chi connectivity index (χ0) is 19.3. The highest BCUT2D eigenvalue weighted by Crippen LogP contribution is 2.34. The van der Waals surface area contributed by atoms with E-state index < -0.39 is 21.7 Å². The fourth-order valence-electron chi connectivity index (χ4n) is 2.09. The molecule has 1 amide bonds. The first-order valence-corrected chi connectivity index (χ1v) is 9.61. The van der Waals surface area contributed by atoms with E-state index in [4.69, 9.17) is 4.74 Å². The topological polar surface area (TPSA) is 84.5 Å². The number of carbonyl (C=O) groups is 1. The summed E-state index contributed by atoms with van der Waals surface area (Å²) in [6.07, 6.45) is 0. The SMILES string of the molecule is COc1ccc(S(=O)(=O)Nc2ccccc2SC(F)F)cc1NC(C)=O. The van der Waals surface area contributed by atoms with Crippen molar-refractivity contribution in [3.63, 3.8) is 0 Å². The van der Waals surface area contributed by atoms with E-state index in [1.807, 2.05) is 0 Å². The molecule has 0 saturated carbocycles. The molecule has 2 aromatic rings. The van der Waals surface area contributed by atoms with Gasteiger partial charge in [0.25, 0.3) is 15.8 Å². The Hall–Kier alpha value is -2.33. The van der Waals surface area contributed by atoms with Crippen LogP contribution in [0.15, 0.2) is 52.3 Å². The first-order valence-electron chi connectivity index (χ1n) is 7.25. The fraction of sp³-hybridized carbons (Fsp3) is 0.188. The number of hydrogen-bond acceptors (Lipinski definition) is 5. The number of sulfonamides is 1. The van der Waals surface area contributed by atoms with Crippen LogP contribution in [0.25, 0.3) is 0 Å². The molecule has 2 N–H and O–H groups in total. The summed E-state index contributed by atoms with van der Waals surface area (Å²) in [6, 6.07) is 9.75. The van der Waals surface area contributed by atoms with E-state index in [1.54, 1.807) is 0 Å². The van der Waals surface area contributed by atoms with Crippen LogP contribution in [0.4, 0.5) is 20.2 Å². The molecule has 0 aliphatic rings. The third kappa shape index (κ3) is 5.09.